The maximum absolute atomic E-state index is 12.5. The van der Waals surface area contributed by atoms with Crippen LogP contribution in [0.4, 0.5) is 0 Å². The molecule has 0 unspecified atom stereocenters. The number of nitrogens with zero attached hydrogens (tertiary/aromatic N) is 5. The SMILES string of the molecule is Cc1cc(-n2ccnc2)c2cccc(OCc3c(Cl)ccc(-n4cccc4CNC(=O)C=Cc4ccc(C(=O)O)nc4)c3Cl)c2n1. The van der Waals surface area contributed by atoms with Crippen LogP contribution in [0.25, 0.3) is 28.4 Å². The minimum Gasteiger partial charge on any atom is -0.487 e. The van der Waals surface area contributed by atoms with E-state index in [2.05, 4.69) is 15.3 Å². The van der Waals surface area contributed by atoms with Crippen LogP contribution in [0.1, 0.15) is 33.0 Å². The molecule has 0 radical (unpaired) electrons. The Morgan fingerprint density at radius 3 is 2.67 bits per heavy atom. The van der Waals surface area contributed by atoms with Crippen LogP contribution in [0.15, 0.2) is 97.9 Å². The third-order valence-corrected chi connectivity index (χ3v) is 7.97. The molecule has 2 N–H and O–H groups in total. The third kappa shape index (κ3) is 6.49. The molecule has 4 heterocycles. The van der Waals surface area contributed by atoms with Crippen molar-refractivity contribution in [3.8, 4) is 17.1 Å². The topological polar surface area (TPSA) is 124 Å². The van der Waals surface area contributed by atoms with Crippen molar-refractivity contribution in [2.45, 2.75) is 20.1 Å². The smallest absolute Gasteiger partial charge is 0.354 e. The van der Waals surface area contributed by atoms with E-state index in [1.54, 1.807) is 30.7 Å². The fraction of sp³-hybridized carbons (Fsp3) is 0.0882. The summed E-state index contributed by atoms with van der Waals surface area (Å²) in [5.41, 5.74) is 5.07. The van der Waals surface area contributed by atoms with E-state index in [0.29, 0.717) is 38.1 Å². The van der Waals surface area contributed by atoms with Gasteiger partial charge in [0.1, 0.15) is 23.6 Å². The second kappa shape index (κ2) is 13.3. The first-order valence-corrected chi connectivity index (χ1v) is 14.8. The highest BCUT2D eigenvalue weighted by atomic mass is 35.5. The molecule has 0 saturated heterocycles. The summed E-state index contributed by atoms with van der Waals surface area (Å²) in [6.07, 6.45) is 11.5. The van der Waals surface area contributed by atoms with Crippen LogP contribution in [-0.4, -0.2) is 41.1 Å². The van der Waals surface area contributed by atoms with Crippen molar-refractivity contribution >= 4 is 52.1 Å². The number of ether oxygens (including phenoxy) is 1. The quantitative estimate of drug-likeness (QED) is 0.155. The van der Waals surface area contributed by atoms with Gasteiger partial charge in [0.25, 0.3) is 0 Å². The number of pyridine rings is 2. The van der Waals surface area contributed by atoms with Crippen LogP contribution in [0, 0.1) is 6.92 Å². The number of halogens is 2. The molecule has 10 nitrogen and oxygen atoms in total. The largest absolute Gasteiger partial charge is 0.487 e. The zero-order valence-corrected chi connectivity index (χ0v) is 25.9. The molecular formula is C34H26Cl2N6O4. The van der Waals surface area contributed by atoms with Crippen molar-refractivity contribution in [2.75, 3.05) is 0 Å². The number of aryl methyl sites for hydroxylation is 1. The van der Waals surface area contributed by atoms with Crippen LogP contribution in [0.5, 0.6) is 5.75 Å². The van der Waals surface area contributed by atoms with Crippen LogP contribution in [-0.2, 0) is 17.9 Å². The van der Waals surface area contributed by atoms with E-state index in [0.717, 1.165) is 22.5 Å². The number of benzene rings is 2. The molecule has 0 bridgehead atoms. The van der Waals surface area contributed by atoms with Crippen molar-refractivity contribution < 1.29 is 19.4 Å². The molecule has 0 fully saturated rings. The molecule has 0 atom stereocenters. The number of para-hydroxylation sites is 1. The number of hydrogen-bond donors (Lipinski definition) is 2. The molecule has 230 valence electrons. The van der Waals surface area contributed by atoms with Crippen LogP contribution in [0.3, 0.4) is 0 Å². The first-order chi connectivity index (χ1) is 22.3. The molecule has 1 amide bonds. The van der Waals surface area contributed by atoms with Gasteiger partial charge in [-0.25, -0.2) is 19.7 Å². The van der Waals surface area contributed by atoms with E-state index in [1.165, 1.54) is 18.3 Å². The number of aromatic nitrogens is 5. The summed E-state index contributed by atoms with van der Waals surface area (Å²) in [6, 6.07) is 18.0. The van der Waals surface area contributed by atoms with Crippen LogP contribution < -0.4 is 10.1 Å². The molecule has 0 aliphatic heterocycles. The molecule has 4 aromatic heterocycles. The van der Waals surface area contributed by atoms with E-state index in [-0.39, 0.29) is 24.8 Å². The standard InChI is InChI=1S/C34H26Cl2N6O4/c1-21-16-29(41-15-13-37-20-41)24-5-2-6-30(33(24)40-21)46-19-25-26(35)9-11-28(32(25)36)42-14-3-4-23(42)18-39-31(43)12-8-22-7-10-27(34(44)45)38-17-22/h2-17,20H,18-19H2,1H3,(H,39,43)(H,44,45). The number of carboxylic acid groups (broad SMARTS) is 1. The number of rotatable bonds is 10. The summed E-state index contributed by atoms with van der Waals surface area (Å²) < 4.78 is 10.1. The van der Waals surface area contributed by atoms with Gasteiger partial charge in [0.15, 0.2) is 0 Å². The lowest BCUT2D eigenvalue weighted by Gasteiger charge is -2.17. The van der Waals surface area contributed by atoms with Gasteiger partial charge in [-0.05, 0) is 61.0 Å². The number of imidazole rings is 1. The van der Waals surface area contributed by atoms with Gasteiger partial charge < -0.3 is 24.3 Å². The average Bonchev–Trinajstić information content (AvgIpc) is 3.76. The number of carboxylic acids is 1. The number of amides is 1. The summed E-state index contributed by atoms with van der Waals surface area (Å²) in [5, 5.41) is 13.6. The van der Waals surface area contributed by atoms with Crippen molar-refractivity contribution in [1.82, 2.24) is 29.4 Å². The highest BCUT2D eigenvalue weighted by molar-refractivity contribution is 6.37. The molecular weight excluding hydrogens is 627 g/mol. The fourth-order valence-corrected chi connectivity index (χ4v) is 5.52. The van der Waals surface area contributed by atoms with Gasteiger partial charge in [-0.3, -0.25) is 4.79 Å². The Hall–Kier alpha value is -5.45. The van der Waals surface area contributed by atoms with Crippen molar-refractivity contribution in [3.05, 3.63) is 136 Å². The van der Waals surface area contributed by atoms with E-state index in [1.807, 2.05) is 70.9 Å². The lowest BCUT2D eigenvalue weighted by molar-refractivity contribution is -0.116. The Kier molecular flexibility index (Phi) is 8.82. The molecule has 6 aromatic rings. The molecule has 0 saturated carbocycles. The molecule has 6 rings (SSSR count). The summed E-state index contributed by atoms with van der Waals surface area (Å²) in [6.45, 7) is 2.25. The van der Waals surface area contributed by atoms with Crippen molar-refractivity contribution in [1.29, 1.82) is 0 Å². The highest BCUT2D eigenvalue weighted by Crippen LogP contribution is 2.34. The number of aromatic carboxylic acids is 1. The molecule has 12 heteroatoms. The number of hydrogen-bond acceptors (Lipinski definition) is 6. The maximum atomic E-state index is 12.5. The average molecular weight is 654 g/mol. The van der Waals surface area contributed by atoms with Gasteiger partial charge >= 0.3 is 5.97 Å². The number of nitrogens with one attached hydrogen (secondary N) is 1. The molecule has 46 heavy (non-hydrogen) atoms. The first kappa shape index (κ1) is 30.6. The maximum Gasteiger partial charge on any atom is 0.354 e. The number of carbonyl (C=O) groups is 2. The summed E-state index contributed by atoms with van der Waals surface area (Å²) in [4.78, 5) is 36.3. The summed E-state index contributed by atoms with van der Waals surface area (Å²) in [5.74, 6) is -0.859. The van der Waals surface area contributed by atoms with Gasteiger partial charge in [-0.15, -0.1) is 0 Å². The van der Waals surface area contributed by atoms with Gasteiger partial charge in [-0.1, -0.05) is 41.4 Å². The van der Waals surface area contributed by atoms with Gasteiger partial charge in [0.05, 0.1) is 29.3 Å². The Balaban J connectivity index is 1.19. The minimum atomic E-state index is -1.12. The van der Waals surface area contributed by atoms with Crippen molar-refractivity contribution in [3.63, 3.8) is 0 Å². The highest BCUT2D eigenvalue weighted by Gasteiger charge is 2.17. The van der Waals surface area contributed by atoms with E-state index in [9.17, 15) is 9.59 Å². The lowest BCUT2D eigenvalue weighted by Crippen LogP contribution is -2.21. The monoisotopic (exact) mass is 652 g/mol. The second-order valence-electron chi connectivity index (χ2n) is 10.3. The van der Waals surface area contributed by atoms with Gasteiger partial charge in [-0.2, -0.15) is 0 Å². The fourth-order valence-electron chi connectivity index (χ4n) is 4.95. The predicted molar refractivity (Wildman–Crippen MR) is 176 cm³/mol. The zero-order chi connectivity index (χ0) is 32.2. The van der Waals surface area contributed by atoms with Crippen LogP contribution >= 0.6 is 23.2 Å². The summed E-state index contributed by atoms with van der Waals surface area (Å²) in [7, 11) is 0. The Bertz CT molecular complexity index is 2090. The van der Waals surface area contributed by atoms with E-state index in [4.69, 9.17) is 38.0 Å². The lowest BCUT2D eigenvalue weighted by atomic mass is 10.1. The number of carbonyl (C=O) groups excluding carboxylic acids is 1. The Labute approximate surface area is 273 Å². The second-order valence-corrected chi connectivity index (χ2v) is 11.0. The summed E-state index contributed by atoms with van der Waals surface area (Å²) >= 11 is 13.6. The molecule has 0 spiro atoms. The van der Waals surface area contributed by atoms with E-state index >= 15 is 0 Å². The normalized spacial score (nSPS) is 11.3. The molecule has 0 aliphatic rings. The Morgan fingerprint density at radius 2 is 1.91 bits per heavy atom. The molecule has 2 aromatic carbocycles. The first-order valence-electron chi connectivity index (χ1n) is 14.1. The zero-order valence-electron chi connectivity index (χ0n) is 24.4. The Morgan fingerprint density at radius 1 is 1.04 bits per heavy atom. The van der Waals surface area contributed by atoms with Crippen molar-refractivity contribution in [2.24, 2.45) is 0 Å². The van der Waals surface area contributed by atoms with Crippen LogP contribution in [0.2, 0.25) is 10.0 Å². The van der Waals surface area contributed by atoms with Gasteiger partial charge in [0, 0.05) is 58.2 Å². The third-order valence-electron chi connectivity index (χ3n) is 7.20. The molecule has 0 aliphatic carbocycles. The van der Waals surface area contributed by atoms with E-state index < -0.39 is 5.97 Å². The predicted octanol–water partition coefficient (Wildman–Crippen LogP) is 6.83. The van der Waals surface area contributed by atoms with Gasteiger partial charge in [0.2, 0.25) is 5.91 Å². The minimum absolute atomic E-state index is 0.0706. The number of fused-ring (bicyclic) bond motifs is 1.